The molecule has 3 amide bonds. The number of alkyl carbamates (subject to hydrolysis) is 1. The van der Waals surface area contributed by atoms with Crippen molar-refractivity contribution in [1.82, 2.24) is 15.5 Å². The Morgan fingerprint density at radius 2 is 1.58 bits per heavy atom. The lowest BCUT2D eigenvalue weighted by Crippen LogP contribution is -2.43. The molecule has 0 bridgehead atoms. The van der Waals surface area contributed by atoms with Crippen molar-refractivity contribution in [2.75, 3.05) is 20.1 Å². The minimum Gasteiger partial charge on any atom is -0.481 e. The number of carboxylic acid groups (broad SMARTS) is 3. The molecule has 0 spiro atoms. The van der Waals surface area contributed by atoms with Crippen molar-refractivity contribution in [3.63, 3.8) is 0 Å². The van der Waals surface area contributed by atoms with Crippen molar-refractivity contribution in [2.45, 2.75) is 64.0 Å². The Morgan fingerprint density at radius 1 is 0.921 bits per heavy atom. The number of benzene rings is 1. The van der Waals surface area contributed by atoms with Crippen LogP contribution < -0.4 is 10.6 Å². The molecule has 1 rings (SSSR count). The normalized spacial score (nSPS) is 12.1. The molecular formula is C25H35N3O10. The third-order valence-electron chi connectivity index (χ3n) is 5.55. The first-order chi connectivity index (χ1) is 17.9. The molecule has 0 heterocycles. The summed E-state index contributed by atoms with van der Waals surface area (Å²) in [5, 5.41) is 31.6. The Labute approximate surface area is 220 Å². The van der Waals surface area contributed by atoms with Crippen LogP contribution in [0.2, 0.25) is 0 Å². The van der Waals surface area contributed by atoms with Crippen LogP contribution in [0.25, 0.3) is 0 Å². The molecule has 38 heavy (non-hydrogen) atoms. The van der Waals surface area contributed by atoms with E-state index in [1.54, 1.807) is 7.05 Å². The molecule has 0 aliphatic heterocycles. The van der Waals surface area contributed by atoms with Crippen LogP contribution in [0.15, 0.2) is 24.3 Å². The fraction of sp³-hybridized carbons (Fsp3) is 0.520. The van der Waals surface area contributed by atoms with Gasteiger partial charge >= 0.3 is 24.0 Å². The average molecular weight is 538 g/mol. The average Bonchev–Trinajstić information content (AvgIpc) is 2.84. The minimum absolute atomic E-state index is 0.0816. The van der Waals surface area contributed by atoms with Crippen LogP contribution in [-0.4, -0.2) is 88.3 Å². The number of nitrogens with one attached hydrogen (secondary N) is 2. The molecule has 0 aliphatic carbocycles. The Bertz CT molecular complexity index is 980. The Kier molecular flexibility index (Phi) is 13.9. The second-order valence-electron chi connectivity index (χ2n) is 8.77. The van der Waals surface area contributed by atoms with Crippen LogP contribution in [0.5, 0.6) is 0 Å². The van der Waals surface area contributed by atoms with Crippen LogP contribution in [0.3, 0.4) is 0 Å². The van der Waals surface area contributed by atoms with Gasteiger partial charge in [0.25, 0.3) is 0 Å². The molecule has 0 saturated heterocycles. The molecule has 1 aromatic carbocycles. The topological polar surface area (TPSA) is 200 Å². The summed E-state index contributed by atoms with van der Waals surface area (Å²) < 4.78 is 4.78. The first-order valence-corrected chi connectivity index (χ1v) is 12.1. The highest BCUT2D eigenvalue weighted by Crippen LogP contribution is 2.08. The van der Waals surface area contributed by atoms with Gasteiger partial charge in [-0.15, -0.1) is 0 Å². The Balaban J connectivity index is 2.31. The van der Waals surface area contributed by atoms with E-state index in [2.05, 4.69) is 5.32 Å². The number of hydrogen-bond acceptors (Lipinski definition) is 7. The van der Waals surface area contributed by atoms with Crippen molar-refractivity contribution in [1.29, 1.82) is 0 Å². The highest BCUT2D eigenvalue weighted by molar-refractivity contribution is 5.82. The van der Waals surface area contributed by atoms with E-state index in [0.717, 1.165) is 11.1 Å². The smallest absolute Gasteiger partial charge is 0.408 e. The summed E-state index contributed by atoms with van der Waals surface area (Å²) in [6.45, 7) is 2.44. The zero-order chi connectivity index (χ0) is 28.7. The number of amides is 3. The van der Waals surface area contributed by atoms with E-state index in [9.17, 15) is 33.9 Å². The molecule has 0 fully saturated rings. The van der Waals surface area contributed by atoms with Gasteiger partial charge in [-0.25, -0.2) is 14.4 Å². The van der Waals surface area contributed by atoms with Gasteiger partial charge in [-0.3, -0.25) is 14.4 Å². The van der Waals surface area contributed by atoms with Gasteiger partial charge in [-0.05, 0) is 38.2 Å². The summed E-state index contributed by atoms with van der Waals surface area (Å²) in [4.78, 5) is 70.9. The quantitative estimate of drug-likeness (QED) is 0.180. The summed E-state index contributed by atoms with van der Waals surface area (Å²) in [6, 6.07) is 6.08. The maximum atomic E-state index is 12.3. The van der Waals surface area contributed by atoms with E-state index in [1.165, 1.54) is 4.90 Å². The number of ether oxygens (including phenoxy) is 1. The van der Waals surface area contributed by atoms with Gasteiger partial charge in [-0.1, -0.05) is 29.8 Å². The predicted octanol–water partition coefficient (Wildman–Crippen LogP) is 1.17. The number of carbonyl (C=O) groups is 6. The molecule has 0 unspecified atom stereocenters. The second-order valence-corrected chi connectivity index (χ2v) is 8.77. The Hall–Kier alpha value is -4.16. The van der Waals surface area contributed by atoms with Gasteiger partial charge in [0.05, 0.1) is 6.42 Å². The van der Waals surface area contributed by atoms with Crippen molar-refractivity contribution in [3.8, 4) is 0 Å². The lowest BCUT2D eigenvalue weighted by Gasteiger charge is -2.18. The van der Waals surface area contributed by atoms with Crippen LogP contribution in [0, 0.1) is 6.92 Å². The van der Waals surface area contributed by atoms with Crippen molar-refractivity contribution < 1.29 is 48.8 Å². The highest BCUT2D eigenvalue weighted by Gasteiger charge is 2.26. The molecule has 210 valence electrons. The molecule has 0 aromatic heterocycles. The lowest BCUT2D eigenvalue weighted by molar-refractivity contribution is -0.147. The monoisotopic (exact) mass is 537 g/mol. The summed E-state index contributed by atoms with van der Waals surface area (Å²) >= 11 is 0. The van der Waals surface area contributed by atoms with Crippen molar-refractivity contribution in [2.24, 2.45) is 0 Å². The van der Waals surface area contributed by atoms with Gasteiger partial charge in [0, 0.05) is 33.0 Å². The number of rotatable bonds is 17. The van der Waals surface area contributed by atoms with Gasteiger partial charge in [0.1, 0.15) is 6.04 Å². The maximum Gasteiger partial charge on any atom is 0.408 e. The number of aliphatic carboxylic acids is 3. The fourth-order valence-electron chi connectivity index (χ4n) is 3.24. The molecular weight excluding hydrogens is 502 g/mol. The number of carboxylic acids is 3. The van der Waals surface area contributed by atoms with E-state index in [-0.39, 0.29) is 50.6 Å². The van der Waals surface area contributed by atoms with Crippen LogP contribution in [0.1, 0.15) is 49.7 Å². The summed E-state index contributed by atoms with van der Waals surface area (Å²) in [7, 11) is 1.62. The van der Waals surface area contributed by atoms with Crippen LogP contribution in [0.4, 0.5) is 4.79 Å². The van der Waals surface area contributed by atoms with E-state index in [4.69, 9.17) is 14.9 Å². The maximum absolute atomic E-state index is 12.3. The zero-order valence-corrected chi connectivity index (χ0v) is 21.5. The number of aryl methyl sites for hydroxylation is 1. The molecule has 2 atom stereocenters. The first-order valence-electron chi connectivity index (χ1n) is 12.1. The van der Waals surface area contributed by atoms with Crippen LogP contribution in [-0.2, 0) is 35.1 Å². The van der Waals surface area contributed by atoms with Crippen LogP contribution >= 0.6 is 0 Å². The molecule has 0 radical (unpaired) electrons. The third kappa shape index (κ3) is 13.2. The van der Waals surface area contributed by atoms with E-state index >= 15 is 0 Å². The number of nitrogens with zero attached hydrogens (tertiary/aromatic N) is 1. The van der Waals surface area contributed by atoms with Gasteiger partial charge in [0.15, 0.2) is 0 Å². The molecule has 13 nitrogen and oxygen atoms in total. The molecule has 0 saturated carbocycles. The first kappa shape index (κ1) is 31.9. The molecule has 1 aromatic rings. The lowest BCUT2D eigenvalue weighted by atomic mass is 10.1. The van der Waals surface area contributed by atoms with E-state index in [0.29, 0.717) is 6.42 Å². The predicted molar refractivity (Wildman–Crippen MR) is 133 cm³/mol. The fourth-order valence-corrected chi connectivity index (χ4v) is 3.24. The minimum atomic E-state index is -1.55. The summed E-state index contributed by atoms with van der Waals surface area (Å²) in [6.07, 6.45) is -2.81. The number of likely N-dealkylation sites (N-methyl/N-ethyl adjacent to an activating group) is 1. The number of carbonyl (C=O) groups excluding carboxylic acids is 3. The van der Waals surface area contributed by atoms with Gasteiger partial charge in [-0.2, -0.15) is 0 Å². The summed E-state index contributed by atoms with van der Waals surface area (Å²) in [5.74, 6) is -4.54. The largest absolute Gasteiger partial charge is 0.481 e. The molecule has 13 heteroatoms. The number of unbranched alkanes of at least 4 members (excludes halogenated alkanes) is 1. The van der Waals surface area contributed by atoms with Crippen molar-refractivity contribution in [3.05, 3.63) is 35.4 Å². The van der Waals surface area contributed by atoms with E-state index < -0.39 is 49.0 Å². The third-order valence-corrected chi connectivity index (χ3v) is 5.55. The Morgan fingerprint density at radius 3 is 2.16 bits per heavy atom. The number of hydrogen-bond donors (Lipinski definition) is 5. The molecule has 5 N–H and O–H groups in total. The SMILES string of the molecule is Cc1ccc(CC(=O)N(C)CCC(=O)NCCCC[C@H](OC(=O)N[C@@H](CCC(=O)O)C(=O)O)C(=O)O)cc1. The highest BCUT2D eigenvalue weighted by atomic mass is 16.6. The van der Waals surface area contributed by atoms with Gasteiger partial charge in [0.2, 0.25) is 17.9 Å². The molecule has 0 aliphatic rings. The standard InChI is InChI=1S/C25H35N3O10/c1-16-6-8-17(9-7-16)15-21(30)28(2)14-12-20(29)26-13-4-3-5-19(24(35)36)38-25(37)27-18(23(33)34)10-11-22(31)32/h6-9,18-19H,3-5,10-15H2,1-2H3,(H,26,29)(H,27,37)(H,31,32)(H,33,34)(H,35,36)/t18-,19-/m0/s1. The summed E-state index contributed by atoms with van der Waals surface area (Å²) in [5.41, 5.74) is 1.99. The van der Waals surface area contributed by atoms with E-state index in [1.807, 2.05) is 36.5 Å². The van der Waals surface area contributed by atoms with Crippen molar-refractivity contribution >= 4 is 35.8 Å². The second kappa shape index (κ2) is 16.6. The van der Waals surface area contributed by atoms with Gasteiger partial charge < -0.3 is 35.6 Å². The zero-order valence-electron chi connectivity index (χ0n) is 21.5.